The Morgan fingerprint density at radius 3 is 2.43 bits per heavy atom. The van der Waals surface area contributed by atoms with Crippen molar-refractivity contribution in [3.05, 3.63) is 71.9 Å². The maximum Gasteiger partial charge on any atom is 0.164 e. The third-order valence-electron chi connectivity index (χ3n) is 3.48. The Morgan fingerprint density at radius 1 is 0.952 bits per heavy atom. The van der Waals surface area contributed by atoms with Crippen molar-refractivity contribution >= 4 is 16.7 Å². The van der Waals surface area contributed by atoms with Crippen molar-refractivity contribution in [2.24, 2.45) is 0 Å². The quantitative estimate of drug-likeness (QED) is 0.659. The second-order valence-electron chi connectivity index (χ2n) is 4.89. The molecule has 1 aromatic heterocycles. The van der Waals surface area contributed by atoms with Gasteiger partial charge in [0.05, 0.1) is 5.52 Å². The Bertz CT molecular complexity index is 790. The maximum absolute atomic E-state index is 13.3. The molecule has 4 heteroatoms. The van der Waals surface area contributed by atoms with Gasteiger partial charge in [-0.1, -0.05) is 0 Å². The van der Waals surface area contributed by atoms with Gasteiger partial charge in [-0.25, -0.2) is 8.78 Å². The minimum absolute atomic E-state index is 0.0618. The summed E-state index contributed by atoms with van der Waals surface area (Å²) in [5.41, 5.74) is 1.25. The molecule has 3 aromatic rings. The van der Waals surface area contributed by atoms with Gasteiger partial charge >= 0.3 is 0 Å². The number of carbonyl (C=O) groups is 1. The number of hydrogen-bond acceptors (Lipinski definition) is 1. The van der Waals surface area contributed by atoms with Crippen LogP contribution in [-0.4, -0.2) is 10.4 Å². The first-order valence-electron chi connectivity index (χ1n) is 6.67. The van der Waals surface area contributed by atoms with Gasteiger partial charge in [-0.15, -0.1) is 0 Å². The summed E-state index contributed by atoms with van der Waals surface area (Å²) in [4.78, 5) is 12.0. The minimum atomic E-state index is -0.363. The van der Waals surface area contributed by atoms with Gasteiger partial charge in [-0.05, 0) is 53.9 Å². The lowest BCUT2D eigenvalue weighted by Gasteiger charge is -2.05. The van der Waals surface area contributed by atoms with Crippen LogP contribution in [0.15, 0.2) is 54.7 Å². The van der Waals surface area contributed by atoms with E-state index in [-0.39, 0.29) is 23.8 Å². The second-order valence-corrected chi connectivity index (χ2v) is 4.89. The van der Waals surface area contributed by atoms with Gasteiger partial charge in [0.15, 0.2) is 5.78 Å². The van der Waals surface area contributed by atoms with Crippen LogP contribution in [0.2, 0.25) is 0 Å². The molecule has 0 saturated carbocycles. The molecule has 0 amide bonds. The topological polar surface area (TPSA) is 22.0 Å². The number of fused-ring (bicyclic) bond motifs is 1. The molecule has 21 heavy (non-hydrogen) atoms. The summed E-state index contributed by atoms with van der Waals surface area (Å²) in [5.74, 6) is -0.723. The molecule has 0 bridgehead atoms. The molecule has 1 heterocycles. The van der Waals surface area contributed by atoms with Crippen molar-refractivity contribution < 1.29 is 13.6 Å². The summed E-state index contributed by atoms with van der Waals surface area (Å²) in [6.45, 7) is 0.461. The zero-order valence-electron chi connectivity index (χ0n) is 11.2. The van der Waals surface area contributed by atoms with E-state index in [0.717, 1.165) is 10.9 Å². The molecule has 0 aliphatic heterocycles. The molecule has 2 aromatic carbocycles. The number of halogens is 2. The number of ketones is 1. The molecule has 0 N–H and O–H groups in total. The predicted molar refractivity (Wildman–Crippen MR) is 77.2 cm³/mol. The van der Waals surface area contributed by atoms with Crippen molar-refractivity contribution in [3.8, 4) is 0 Å². The zero-order chi connectivity index (χ0) is 14.8. The van der Waals surface area contributed by atoms with Crippen LogP contribution in [0.5, 0.6) is 0 Å². The maximum atomic E-state index is 13.3. The van der Waals surface area contributed by atoms with Crippen LogP contribution >= 0.6 is 0 Å². The SMILES string of the molecule is O=C(CCn1ccc2ccc(F)cc21)c1ccc(F)cc1. The number of aryl methyl sites for hydroxylation is 1. The van der Waals surface area contributed by atoms with Crippen LogP contribution in [0.1, 0.15) is 16.8 Å². The predicted octanol–water partition coefficient (Wildman–Crippen LogP) is 4.19. The fraction of sp³-hybridized carbons (Fsp3) is 0.118. The summed E-state index contributed by atoms with van der Waals surface area (Å²) in [6.07, 6.45) is 2.12. The average molecular weight is 285 g/mol. The highest BCUT2D eigenvalue weighted by molar-refractivity contribution is 5.96. The van der Waals surface area contributed by atoms with Crippen molar-refractivity contribution in [2.75, 3.05) is 0 Å². The summed E-state index contributed by atoms with van der Waals surface area (Å²) < 4.78 is 27.9. The molecule has 0 saturated heterocycles. The third kappa shape index (κ3) is 2.84. The third-order valence-corrected chi connectivity index (χ3v) is 3.48. The minimum Gasteiger partial charge on any atom is -0.347 e. The van der Waals surface area contributed by atoms with E-state index >= 15 is 0 Å². The number of rotatable bonds is 4. The molecule has 0 aliphatic rings. The van der Waals surface area contributed by atoms with Gasteiger partial charge in [0.2, 0.25) is 0 Å². The number of benzene rings is 2. The van der Waals surface area contributed by atoms with Crippen molar-refractivity contribution in [3.63, 3.8) is 0 Å². The zero-order valence-corrected chi connectivity index (χ0v) is 11.2. The van der Waals surface area contributed by atoms with E-state index in [2.05, 4.69) is 0 Å². The van der Waals surface area contributed by atoms with E-state index < -0.39 is 0 Å². The Balaban J connectivity index is 1.75. The van der Waals surface area contributed by atoms with Gasteiger partial charge in [-0.3, -0.25) is 4.79 Å². The molecular formula is C17H13F2NO. The van der Waals surface area contributed by atoms with E-state index in [9.17, 15) is 13.6 Å². The fourth-order valence-corrected chi connectivity index (χ4v) is 2.35. The van der Waals surface area contributed by atoms with Gasteiger partial charge < -0.3 is 4.57 Å². The van der Waals surface area contributed by atoms with E-state index in [4.69, 9.17) is 0 Å². The van der Waals surface area contributed by atoms with Gasteiger partial charge in [0, 0.05) is 24.7 Å². The van der Waals surface area contributed by atoms with Crippen molar-refractivity contribution in [1.29, 1.82) is 0 Å². The molecular weight excluding hydrogens is 272 g/mol. The lowest BCUT2D eigenvalue weighted by atomic mass is 10.1. The molecule has 3 rings (SSSR count). The smallest absolute Gasteiger partial charge is 0.164 e. The van der Waals surface area contributed by atoms with E-state index in [0.29, 0.717) is 12.1 Å². The largest absolute Gasteiger partial charge is 0.347 e. The van der Waals surface area contributed by atoms with Crippen LogP contribution in [0.4, 0.5) is 8.78 Å². The molecule has 106 valence electrons. The first kappa shape index (κ1) is 13.5. The molecule has 0 spiro atoms. The normalized spacial score (nSPS) is 11.0. The number of carbonyl (C=O) groups excluding carboxylic acids is 1. The van der Waals surface area contributed by atoms with E-state index in [1.807, 2.05) is 16.8 Å². The van der Waals surface area contributed by atoms with Crippen LogP contribution < -0.4 is 0 Å². The number of aromatic nitrogens is 1. The van der Waals surface area contributed by atoms with Crippen molar-refractivity contribution in [2.45, 2.75) is 13.0 Å². The number of nitrogens with zero attached hydrogens (tertiary/aromatic N) is 1. The standard InChI is InChI=1S/C17H13F2NO/c18-14-4-2-13(3-5-14)17(21)8-10-20-9-7-12-1-6-15(19)11-16(12)20/h1-7,9,11H,8,10H2. The van der Waals surface area contributed by atoms with Crippen LogP contribution in [0, 0.1) is 11.6 Å². The summed E-state index contributed by atoms with van der Waals surface area (Å²) in [7, 11) is 0. The van der Waals surface area contributed by atoms with Gasteiger partial charge in [0.1, 0.15) is 11.6 Å². The second kappa shape index (κ2) is 5.48. The monoisotopic (exact) mass is 285 g/mol. The summed E-state index contributed by atoms with van der Waals surface area (Å²) in [6, 6.07) is 12.0. The highest BCUT2D eigenvalue weighted by Gasteiger charge is 2.08. The first-order valence-corrected chi connectivity index (χ1v) is 6.67. The Kier molecular flexibility index (Phi) is 3.52. The molecule has 0 aliphatic carbocycles. The van der Waals surface area contributed by atoms with Crippen LogP contribution in [0.25, 0.3) is 10.9 Å². The molecule has 0 unspecified atom stereocenters. The summed E-state index contributed by atoms with van der Waals surface area (Å²) in [5, 5.41) is 0.936. The van der Waals surface area contributed by atoms with Gasteiger partial charge in [-0.2, -0.15) is 0 Å². The molecule has 0 fully saturated rings. The van der Waals surface area contributed by atoms with Crippen LogP contribution in [-0.2, 0) is 6.54 Å². The number of hydrogen-bond donors (Lipinski definition) is 0. The molecule has 0 atom stereocenters. The van der Waals surface area contributed by atoms with Crippen LogP contribution in [0.3, 0.4) is 0 Å². The number of Topliss-reactive ketones (excluding diaryl/α,β-unsaturated/α-hetero) is 1. The molecule has 2 nitrogen and oxygen atoms in total. The Morgan fingerprint density at radius 2 is 1.67 bits per heavy atom. The van der Waals surface area contributed by atoms with E-state index in [1.54, 1.807) is 6.07 Å². The Hall–Kier alpha value is -2.49. The highest BCUT2D eigenvalue weighted by Crippen LogP contribution is 2.18. The fourth-order valence-electron chi connectivity index (χ4n) is 2.35. The van der Waals surface area contributed by atoms with Crippen molar-refractivity contribution in [1.82, 2.24) is 4.57 Å². The first-order chi connectivity index (χ1) is 10.1. The lowest BCUT2D eigenvalue weighted by molar-refractivity contribution is 0.0977. The molecule has 0 radical (unpaired) electrons. The Labute approximate surface area is 120 Å². The van der Waals surface area contributed by atoms with Gasteiger partial charge in [0.25, 0.3) is 0 Å². The van der Waals surface area contributed by atoms with E-state index in [1.165, 1.54) is 36.4 Å². The highest BCUT2D eigenvalue weighted by atomic mass is 19.1. The lowest BCUT2D eigenvalue weighted by Crippen LogP contribution is -2.05. The average Bonchev–Trinajstić information content (AvgIpc) is 2.88. The summed E-state index contributed by atoms with van der Waals surface area (Å²) >= 11 is 0.